The highest BCUT2D eigenvalue weighted by Gasteiger charge is 2.35. The van der Waals surface area contributed by atoms with E-state index in [1.807, 2.05) is 11.8 Å². The standard InChI is InChI=1S/C11H19ClOS/c1-11(2)4-3-9(13-11)5-8-6-14-7-10(8)12/h8-10H,3-7H2,1-2H3. The molecule has 2 saturated heterocycles. The van der Waals surface area contributed by atoms with Crippen LogP contribution < -0.4 is 0 Å². The van der Waals surface area contributed by atoms with E-state index >= 15 is 0 Å². The lowest BCUT2D eigenvalue weighted by molar-refractivity contribution is -0.0231. The first-order valence-corrected chi connectivity index (χ1v) is 7.05. The average molecular weight is 235 g/mol. The Morgan fingerprint density at radius 3 is 2.71 bits per heavy atom. The summed E-state index contributed by atoms with van der Waals surface area (Å²) in [5.41, 5.74) is 0.109. The molecule has 0 aromatic rings. The van der Waals surface area contributed by atoms with Gasteiger partial charge >= 0.3 is 0 Å². The zero-order valence-electron chi connectivity index (χ0n) is 8.96. The smallest absolute Gasteiger partial charge is 0.0631 e. The minimum absolute atomic E-state index is 0.109. The molecular formula is C11H19ClOS. The molecule has 0 aliphatic carbocycles. The fourth-order valence-corrected chi connectivity index (χ4v) is 4.24. The van der Waals surface area contributed by atoms with Gasteiger partial charge < -0.3 is 4.74 Å². The molecular weight excluding hydrogens is 216 g/mol. The van der Waals surface area contributed by atoms with Crippen LogP contribution in [0.5, 0.6) is 0 Å². The number of halogens is 1. The van der Waals surface area contributed by atoms with Crippen LogP contribution in [0.15, 0.2) is 0 Å². The van der Waals surface area contributed by atoms with Crippen molar-refractivity contribution in [1.29, 1.82) is 0 Å². The summed E-state index contributed by atoms with van der Waals surface area (Å²) in [5, 5.41) is 0.382. The van der Waals surface area contributed by atoms with E-state index in [0.717, 1.165) is 5.75 Å². The molecule has 0 amide bonds. The number of ether oxygens (including phenoxy) is 1. The predicted molar refractivity (Wildman–Crippen MR) is 63.3 cm³/mol. The van der Waals surface area contributed by atoms with E-state index in [1.54, 1.807) is 0 Å². The third-order valence-corrected chi connectivity index (χ3v) is 5.19. The molecule has 2 rings (SSSR count). The monoisotopic (exact) mass is 234 g/mol. The second-order valence-corrected chi connectivity index (χ2v) is 6.72. The van der Waals surface area contributed by atoms with Crippen LogP contribution >= 0.6 is 23.4 Å². The van der Waals surface area contributed by atoms with Crippen LogP contribution in [0, 0.1) is 5.92 Å². The Balaban J connectivity index is 1.81. The molecule has 0 saturated carbocycles. The van der Waals surface area contributed by atoms with E-state index < -0.39 is 0 Å². The summed E-state index contributed by atoms with van der Waals surface area (Å²) in [6.45, 7) is 4.38. The van der Waals surface area contributed by atoms with Gasteiger partial charge in [-0.3, -0.25) is 0 Å². The van der Waals surface area contributed by atoms with Gasteiger partial charge in [-0.15, -0.1) is 11.6 Å². The lowest BCUT2D eigenvalue weighted by atomic mass is 9.98. The van der Waals surface area contributed by atoms with Crippen molar-refractivity contribution < 1.29 is 4.74 Å². The van der Waals surface area contributed by atoms with Crippen molar-refractivity contribution in [3.63, 3.8) is 0 Å². The number of rotatable bonds is 2. The van der Waals surface area contributed by atoms with Gasteiger partial charge in [-0.05, 0) is 44.8 Å². The molecule has 3 atom stereocenters. The fraction of sp³-hybridized carbons (Fsp3) is 1.00. The van der Waals surface area contributed by atoms with E-state index in [-0.39, 0.29) is 5.60 Å². The Morgan fingerprint density at radius 2 is 2.21 bits per heavy atom. The molecule has 3 unspecified atom stereocenters. The largest absolute Gasteiger partial charge is 0.372 e. The molecule has 0 N–H and O–H groups in total. The fourth-order valence-electron chi connectivity index (χ4n) is 2.37. The van der Waals surface area contributed by atoms with E-state index in [4.69, 9.17) is 16.3 Å². The van der Waals surface area contributed by atoms with E-state index in [0.29, 0.717) is 17.4 Å². The number of hydrogen-bond donors (Lipinski definition) is 0. The molecule has 2 aliphatic heterocycles. The van der Waals surface area contributed by atoms with Crippen molar-refractivity contribution >= 4 is 23.4 Å². The van der Waals surface area contributed by atoms with Gasteiger partial charge in [-0.25, -0.2) is 0 Å². The van der Waals surface area contributed by atoms with Crippen LogP contribution in [-0.2, 0) is 4.74 Å². The van der Waals surface area contributed by atoms with Crippen molar-refractivity contribution in [2.75, 3.05) is 11.5 Å². The van der Waals surface area contributed by atoms with Gasteiger partial charge in [0.15, 0.2) is 0 Å². The Kier molecular flexibility index (Phi) is 3.35. The lowest BCUT2D eigenvalue weighted by Crippen LogP contribution is -2.24. The summed E-state index contributed by atoms with van der Waals surface area (Å²) >= 11 is 8.24. The van der Waals surface area contributed by atoms with Gasteiger partial charge in [0.05, 0.1) is 11.7 Å². The van der Waals surface area contributed by atoms with Crippen LogP contribution in [0.3, 0.4) is 0 Å². The van der Waals surface area contributed by atoms with Crippen molar-refractivity contribution in [2.45, 2.75) is 50.2 Å². The zero-order chi connectivity index (χ0) is 10.2. The summed E-state index contributed by atoms with van der Waals surface area (Å²) in [6, 6.07) is 0. The molecule has 0 aromatic heterocycles. The minimum Gasteiger partial charge on any atom is -0.372 e. The molecule has 2 heterocycles. The Hall–Kier alpha value is 0.600. The molecule has 2 fully saturated rings. The zero-order valence-corrected chi connectivity index (χ0v) is 10.5. The number of thioether (sulfide) groups is 1. The number of hydrogen-bond acceptors (Lipinski definition) is 2. The highest BCUT2D eigenvalue weighted by Crippen LogP contribution is 2.37. The molecule has 3 heteroatoms. The van der Waals surface area contributed by atoms with Gasteiger partial charge in [0.25, 0.3) is 0 Å². The van der Waals surface area contributed by atoms with E-state index in [2.05, 4.69) is 13.8 Å². The van der Waals surface area contributed by atoms with E-state index in [1.165, 1.54) is 25.0 Å². The van der Waals surface area contributed by atoms with Crippen LogP contribution in [-0.4, -0.2) is 28.6 Å². The summed E-state index contributed by atoms with van der Waals surface area (Å²) in [7, 11) is 0. The van der Waals surface area contributed by atoms with Gasteiger partial charge in [0, 0.05) is 11.1 Å². The molecule has 2 aliphatic rings. The summed E-state index contributed by atoms with van der Waals surface area (Å²) in [5.74, 6) is 3.04. The topological polar surface area (TPSA) is 9.23 Å². The maximum absolute atomic E-state index is 6.25. The second-order valence-electron chi connectivity index (χ2n) is 5.09. The molecule has 14 heavy (non-hydrogen) atoms. The van der Waals surface area contributed by atoms with Crippen molar-refractivity contribution in [2.24, 2.45) is 5.92 Å². The first kappa shape index (κ1) is 11.1. The average Bonchev–Trinajstić information content (AvgIpc) is 2.61. The maximum Gasteiger partial charge on any atom is 0.0631 e. The van der Waals surface area contributed by atoms with Crippen molar-refractivity contribution in [3.05, 3.63) is 0 Å². The third-order valence-electron chi connectivity index (χ3n) is 3.24. The SMILES string of the molecule is CC1(C)CCC(CC2CSCC2Cl)O1. The van der Waals surface area contributed by atoms with Crippen LogP contribution in [0.4, 0.5) is 0 Å². The maximum atomic E-state index is 6.25. The molecule has 0 radical (unpaired) electrons. The normalized spacial score (nSPS) is 41.8. The lowest BCUT2D eigenvalue weighted by Gasteiger charge is -2.22. The highest BCUT2D eigenvalue weighted by atomic mass is 35.5. The molecule has 0 aromatic carbocycles. The Morgan fingerprint density at radius 1 is 1.43 bits per heavy atom. The van der Waals surface area contributed by atoms with Gasteiger partial charge in [0.1, 0.15) is 0 Å². The van der Waals surface area contributed by atoms with Crippen LogP contribution in [0.1, 0.15) is 33.1 Å². The van der Waals surface area contributed by atoms with Crippen molar-refractivity contribution in [1.82, 2.24) is 0 Å². The van der Waals surface area contributed by atoms with Crippen molar-refractivity contribution in [3.8, 4) is 0 Å². The van der Waals surface area contributed by atoms with Crippen LogP contribution in [0.25, 0.3) is 0 Å². The molecule has 0 spiro atoms. The molecule has 82 valence electrons. The van der Waals surface area contributed by atoms with Crippen LogP contribution in [0.2, 0.25) is 0 Å². The summed E-state index contributed by atoms with van der Waals surface area (Å²) < 4.78 is 5.99. The summed E-state index contributed by atoms with van der Waals surface area (Å²) in [6.07, 6.45) is 4.06. The first-order chi connectivity index (χ1) is 6.57. The van der Waals surface area contributed by atoms with Gasteiger partial charge in [-0.1, -0.05) is 0 Å². The quantitative estimate of drug-likeness (QED) is 0.678. The Bertz CT molecular complexity index is 207. The highest BCUT2D eigenvalue weighted by molar-refractivity contribution is 7.99. The predicted octanol–water partition coefficient (Wildman–Crippen LogP) is 3.30. The van der Waals surface area contributed by atoms with Gasteiger partial charge in [0.2, 0.25) is 0 Å². The van der Waals surface area contributed by atoms with Gasteiger partial charge in [-0.2, -0.15) is 11.8 Å². The number of alkyl halides is 1. The second kappa shape index (κ2) is 4.23. The summed E-state index contributed by atoms with van der Waals surface area (Å²) in [4.78, 5) is 0. The molecule has 1 nitrogen and oxygen atoms in total. The third kappa shape index (κ3) is 2.59. The molecule has 0 bridgehead atoms. The minimum atomic E-state index is 0.109. The van der Waals surface area contributed by atoms with E-state index in [9.17, 15) is 0 Å². The first-order valence-electron chi connectivity index (χ1n) is 5.46. The Labute approximate surface area is 95.9 Å².